The maximum absolute atomic E-state index is 11.8. The van der Waals surface area contributed by atoms with Gasteiger partial charge in [-0.2, -0.15) is 0 Å². The molecule has 1 amide bonds. The lowest BCUT2D eigenvalue weighted by molar-refractivity contribution is -0.240. The zero-order chi connectivity index (χ0) is 18.7. The number of ether oxygens (including phenoxy) is 5. The van der Waals surface area contributed by atoms with Gasteiger partial charge in [0.25, 0.3) is 0 Å². The predicted molar refractivity (Wildman–Crippen MR) is 91.2 cm³/mol. The fourth-order valence-electron chi connectivity index (χ4n) is 3.80. The molecule has 3 aliphatic heterocycles. The molecule has 0 aromatic carbocycles. The molecule has 0 aliphatic carbocycles. The molecule has 3 fully saturated rings. The first-order chi connectivity index (χ1) is 12.2. The monoisotopic (exact) mass is 384 g/mol. The molecular formula is C17H24N2O6S. The summed E-state index contributed by atoms with van der Waals surface area (Å²) < 4.78 is 30.4. The van der Waals surface area contributed by atoms with Gasteiger partial charge >= 0.3 is 0 Å². The molecule has 4 heterocycles. The van der Waals surface area contributed by atoms with Crippen LogP contribution in [0, 0.1) is 0 Å². The Morgan fingerprint density at radius 3 is 2.42 bits per heavy atom. The van der Waals surface area contributed by atoms with Crippen molar-refractivity contribution in [1.29, 1.82) is 0 Å². The Labute approximate surface area is 156 Å². The number of hydrogen-bond acceptors (Lipinski definition) is 8. The molecule has 1 aromatic rings. The fraction of sp³-hybridized carbons (Fsp3) is 0.765. The molecule has 1 N–H and O–H groups in total. The third-order valence-corrected chi connectivity index (χ3v) is 5.45. The lowest BCUT2D eigenvalue weighted by Crippen LogP contribution is -2.58. The standard InChI is InChI=1S/C17H24N2O6S/c1-8(20)19-9(14-18-6-7-26-14)10-11-12(23-16(2,3)22-11)13-15(21-10)25-17(4,5)24-13/h6-7,9-13,15H,1-5H3,(H,19,20)/t9-,10-,11+,12+,13-,15?/m1/s1. The second kappa shape index (κ2) is 6.22. The molecule has 4 rings (SSSR count). The normalized spacial score (nSPS) is 38.4. The highest BCUT2D eigenvalue weighted by molar-refractivity contribution is 7.09. The summed E-state index contributed by atoms with van der Waals surface area (Å²) in [5.41, 5.74) is 0. The van der Waals surface area contributed by atoms with Crippen LogP contribution in [0.15, 0.2) is 11.6 Å². The van der Waals surface area contributed by atoms with Crippen LogP contribution >= 0.6 is 11.3 Å². The molecule has 0 saturated carbocycles. The minimum Gasteiger partial charge on any atom is -0.344 e. The average molecular weight is 384 g/mol. The van der Waals surface area contributed by atoms with Crippen molar-refractivity contribution in [2.24, 2.45) is 0 Å². The van der Waals surface area contributed by atoms with Gasteiger partial charge in [-0.1, -0.05) is 0 Å². The van der Waals surface area contributed by atoms with Crippen LogP contribution in [-0.2, 0) is 28.5 Å². The number of rotatable bonds is 3. The molecule has 3 aliphatic rings. The van der Waals surface area contributed by atoms with Crippen LogP contribution in [-0.4, -0.2) is 53.2 Å². The number of nitrogens with zero attached hydrogens (tertiary/aromatic N) is 1. The third kappa shape index (κ3) is 3.28. The first-order valence-corrected chi connectivity index (χ1v) is 9.56. The van der Waals surface area contributed by atoms with Crippen molar-refractivity contribution in [3.05, 3.63) is 16.6 Å². The zero-order valence-corrected chi connectivity index (χ0v) is 16.2. The van der Waals surface area contributed by atoms with E-state index in [2.05, 4.69) is 10.3 Å². The molecule has 26 heavy (non-hydrogen) atoms. The van der Waals surface area contributed by atoms with Crippen molar-refractivity contribution in [2.75, 3.05) is 0 Å². The van der Waals surface area contributed by atoms with Crippen LogP contribution in [0.5, 0.6) is 0 Å². The molecule has 144 valence electrons. The Morgan fingerprint density at radius 2 is 1.77 bits per heavy atom. The maximum Gasteiger partial charge on any atom is 0.217 e. The van der Waals surface area contributed by atoms with E-state index in [-0.39, 0.29) is 12.0 Å². The summed E-state index contributed by atoms with van der Waals surface area (Å²) in [6.07, 6.45) is -0.620. The van der Waals surface area contributed by atoms with E-state index in [1.807, 2.05) is 33.1 Å². The minimum atomic E-state index is -0.786. The topological polar surface area (TPSA) is 88.1 Å². The van der Waals surface area contributed by atoms with Crippen LogP contribution in [0.4, 0.5) is 0 Å². The van der Waals surface area contributed by atoms with Gasteiger partial charge in [0.1, 0.15) is 35.5 Å². The molecule has 3 saturated heterocycles. The van der Waals surface area contributed by atoms with E-state index < -0.39 is 42.2 Å². The van der Waals surface area contributed by atoms with E-state index in [0.717, 1.165) is 5.01 Å². The van der Waals surface area contributed by atoms with Crippen molar-refractivity contribution < 1.29 is 28.5 Å². The summed E-state index contributed by atoms with van der Waals surface area (Å²) in [6, 6.07) is -0.467. The molecule has 9 heteroatoms. The van der Waals surface area contributed by atoms with Crippen molar-refractivity contribution in [1.82, 2.24) is 10.3 Å². The Kier molecular flexibility index (Phi) is 4.37. The lowest BCUT2D eigenvalue weighted by atomic mass is 9.94. The van der Waals surface area contributed by atoms with Crippen molar-refractivity contribution >= 4 is 17.2 Å². The molecule has 0 bridgehead atoms. The number of hydrogen-bond donors (Lipinski definition) is 1. The predicted octanol–water partition coefficient (Wildman–Crippen LogP) is 1.72. The van der Waals surface area contributed by atoms with Crippen LogP contribution in [0.3, 0.4) is 0 Å². The number of thiazole rings is 1. The van der Waals surface area contributed by atoms with Crippen molar-refractivity contribution in [2.45, 2.75) is 82.9 Å². The van der Waals surface area contributed by atoms with Crippen molar-refractivity contribution in [3.63, 3.8) is 0 Å². The fourth-order valence-corrected chi connectivity index (χ4v) is 4.52. The van der Waals surface area contributed by atoms with Gasteiger partial charge in [-0.25, -0.2) is 4.98 Å². The lowest BCUT2D eigenvalue weighted by Gasteiger charge is -2.40. The molecule has 8 nitrogen and oxygen atoms in total. The summed E-state index contributed by atoms with van der Waals surface area (Å²) in [5.74, 6) is -1.74. The van der Waals surface area contributed by atoms with Gasteiger partial charge in [-0.3, -0.25) is 4.79 Å². The average Bonchev–Trinajstić information content (AvgIpc) is 3.19. The molecule has 1 unspecified atom stereocenters. The summed E-state index contributed by atoms with van der Waals surface area (Å²) in [7, 11) is 0. The number of fused-ring (bicyclic) bond motifs is 3. The van der Waals surface area contributed by atoms with E-state index in [9.17, 15) is 4.79 Å². The van der Waals surface area contributed by atoms with Crippen LogP contribution in [0.25, 0.3) is 0 Å². The molecule has 1 aromatic heterocycles. The summed E-state index contributed by atoms with van der Waals surface area (Å²) in [4.78, 5) is 16.2. The molecule has 0 spiro atoms. The molecular weight excluding hydrogens is 360 g/mol. The Hall–Kier alpha value is -1.10. The summed E-state index contributed by atoms with van der Waals surface area (Å²) >= 11 is 1.45. The number of carbonyl (C=O) groups excluding carboxylic acids is 1. The second-order valence-electron chi connectivity index (χ2n) is 7.68. The van der Waals surface area contributed by atoms with E-state index in [0.29, 0.717) is 0 Å². The van der Waals surface area contributed by atoms with Gasteiger partial charge in [0.15, 0.2) is 17.9 Å². The molecule has 0 radical (unpaired) electrons. The third-order valence-electron chi connectivity index (χ3n) is 4.60. The minimum absolute atomic E-state index is 0.172. The largest absolute Gasteiger partial charge is 0.344 e. The van der Waals surface area contributed by atoms with Gasteiger partial charge in [0.2, 0.25) is 5.91 Å². The van der Waals surface area contributed by atoms with Gasteiger partial charge < -0.3 is 29.0 Å². The van der Waals surface area contributed by atoms with E-state index in [1.54, 1.807) is 6.20 Å². The summed E-state index contributed by atoms with van der Waals surface area (Å²) in [5, 5.41) is 5.55. The number of amides is 1. The number of nitrogens with one attached hydrogen (secondary N) is 1. The van der Waals surface area contributed by atoms with Crippen LogP contribution in [0.1, 0.15) is 45.7 Å². The number of aromatic nitrogens is 1. The highest BCUT2D eigenvalue weighted by atomic mass is 32.1. The SMILES string of the molecule is CC(=O)N[C@@H](c1nccs1)[C@H]1OC2OC(C)(C)O[C@@H]2[C@H]2OC(C)(C)O[C@@H]12. The van der Waals surface area contributed by atoms with Crippen molar-refractivity contribution in [3.8, 4) is 0 Å². The smallest absolute Gasteiger partial charge is 0.217 e. The summed E-state index contributed by atoms with van der Waals surface area (Å²) in [6.45, 7) is 8.86. The first kappa shape index (κ1) is 18.3. The van der Waals surface area contributed by atoms with E-state index in [1.165, 1.54) is 18.3 Å². The highest BCUT2D eigenvalue weighted by Crippen LogP contribution is 2.46. The highest BCUT2D eigenvalue weighted by Gasteiger charge is 2.62. The van der Waals surface area contributed by atoms with Gasteiger partial charge in [-0.05, 0) is 27.7 Å². The second-order valence-corrected chi connectivity index (χ2v) is 8.61. The van der Waals surface area contributed by atoms with Gasteiger partial charge in [0, 0.05) is 18.5 Å². The Bertz CT molecular complexity index is 679. The maximum atomic E-state index is 11.8. The van der Waals surface area contributed by atoms with Crippen LogP contribution in [0.2, 0.25) is 0 Å². The quantitative estimate of drug-likeness (QED) is 0.849. The molecule has 6 atom stereocenters. The first-order valence-electron chi connectivity index (χ1n) is 8.68. The van der Waals surface area contributed by atoms with Gasteiger partial charge in [-0.15, -0.1) is 11.3 Å². The van der Waals surface area contributed by atoms with Crippen LogP contribution < -0.4 is 5.32 Å². The number of carbonyl (C=O) groups is 1. The van der Waals surface area contributed by atoms with Gasteiger partial charge in [0.05, 0.1) is 0 Å². The van der Waals surface area contributed by atoms with E-state index >= 15 is 0 Å². The Morgan fingerprint density at radius 1 is 1.12 bits per heavy atom. The van der Waals surface area contributed by atoms with E-state index in [4.69, 9.17) is 23.7 Å². The Balaban J connectivity index is 1.69. The zero-order valence-electron chi connectivity index (χ0n) is 15.4.